The summed E-state index contributed by atoms with van der Waals surface area (Å²) in [6.07, 6.45) is 0. The molecule has 8 heteroatoms. The molecule has 0 saturated heterocycles. The maximum Gasteiger partial charge on any atom is 0.325 e. The van der Waals surface area contributed by atoms with Gasteiger partial charge in [-0.3, -0.25) is 19.8 Å². The standard InChI is InChI=1S/C15H21N3O5/c1-10(2)18(9-14(20)21)8-13(19)17-15(22)16-11-4-6-12(23-3)7-5-11/h4-7,10H,8-9H2,1-3H3,(H,20,21)(H2,16,17,19,22). The lowest BCUT2D eigenvalue weighted by Gasteiger charge is -2.23. The van der Waals surface area contributed by atoms with E-state index in [-0.39, 0.29) is 19.1 Å². The number of carboxylic acids is 1. The van der Waals surface area contributed by atoms with E-state index in [1.807, 2.05) is 0 Å². The highest BCUT2D eigenvalue weighted by atomic mass is 16.5. The molecule has 0 radical (unpaired) electrons. The molecular formula is C15H21N3O5. The van der Waals surface area contributed by atoms with Gasteiger partial charge in [-0.2, -0.15) is 0 Å². The molecule has 3 N–H and O–H groups in total. The number of rotatable bonds is 7. The van der Waals surface area contributed by atoms with Crippen molar-refractivity contribution in [3.05, 3.63) is 24.3 Å². The predicted octanol–water partition coefficient (Wildman–Crippen LogP) is 1.14. The fourth-order valence-corrected chi connectivity index (χ4v) is 1.78. The van der Waals surface area contributed by atoms with Crippen molar-refractivity contribution in [1.82, 2.24) is 10.2 Å². The zero-order chi connectivity index (χ0) is 17.4. The Labute approximate surface area is 134 Å². The van der Waals surface area contributed by atoms with Crippen molar-refractivity contribution in [3.63, 3.8) is 0 Å². The maximum absolute atomic E-state index is 11.8. The second-order valence-electron chi connectivity index (χ2n) is 5.12. The molecule has 0 bridgehead atoms. The molecule has 0 aliphatic rings. The number of ether oxygens (including phenoxy) is 1. The zero-order valence-corrected chi connectivity index (χ0v) is 13.3. The normalized spacial score (nSPS) is 10.5. The lowest BCUT2D eigenvalue weighted by molar-refractivity contribution is -0.139. The minimum Gasteiger partial charge on any atom is -0.497 e. The fourth-order valence-electron chi connectivity index (χ4n) is 1.78. The Hall–Kier alpha value is -2.61. The molecule has 1 aromatic rings. The number of carbonyl (C=O) groups is 3. The molecule has 0 spiro atoms. The number of benzene rings is 1. The van der Waals surface area contributed by atoms with E-state index in [0.717, 1.165) is 0 Å². The molecule has 0 atom stereocenters. The second-order valence-corrected chi connectivity index (χ2v) is 5.12. The van der Waals surface area contributed by atoms with Gasteiger partial charge in [0.1, 0.15) is 5.75 Å². The number of nitrogens with one attached hydrogen (secondary N) is 2. The summed E-state index contributed by atoms with van der Waals surface area (Å²) in [5.41, 5.74) is 0.502. The first-order chi connectivity index (χ1) is 10.8. The first-order valence-electron chi connectivity index (χ1n) is 7.02. The molecule has 0 aliphatic heterocycles. The van der Waals surface area contributed by atoms with Crippen LogP contribution in [0.5, 0.6) is 5.75 Å². The third-order valence-electron chi connectivity index (χ3n) is 3.02. The third kappa shape index (κ3) is 6.79. The average molecular weight is 323 g/mol. The molecule has 0 unspecified atom stereocenters. The molecule has 23 heavy (non-hydrogen) atoms. The smallest absolute Gasteiger partial charge is 0.325 e. The number of carbonyl (C=O) groups excluding carboxylic acids is 2. The van der Waals surface area contributed by atoms with Gasteiger partial charge in [-0.1, -0.05) is 0 Å². The highest BCUT2D eigenvalue weighted by molar-refractivity contribution is 6.01. The van der Waals surface area contributed by atoms with Crippen LogP contribution in [0.25, 0.3) is 0 Å². The van der Waals surface area contributed by atoms with Crippen LogP contribution in [0.1, 0.15) is 13.8 Å². The number of urea groups is 1. The van der Waals surface area contributed by atoms with Crippen LogP contribution in [0.3, 0.4) is 0 Å². The molecule has 0 aromatic heterocycles. The molecule has 0 fully saturated rings. The van der Waals surface area contributed by atoms with Crippen LogP contribution < -0.4 is 15.4 Å². The van der Waals surface area contributed by atoms with Crippen molar-refractivity contribution in [1.29, 1.82) is 0 Å². The topological polar surface area (TPSA) is 108 Å². The number of anilines is 1. The van der Waals surface area contributed by atoms with E-state index in [2.05, 4.69) is 10.6 Å². The summed E-state index contributed by atoms with van der Waals surface area (Å²) in [4.78, 5) is 35.7. The van der Waals surface area contributed by atoms with Crippen molar-refractivity contribution in [2.24, 2.45) is 0 Å². The molecule has 3 amide bonds. The van der Waals surface area contributed by atoms with Crippen LogP contribution in [0.4, 0.5) is 10.5 Å². The number of aliphatic carboxylic acids is 1. The molecule has 0 heterocycles. The van der Waals surface area contributed by atoms with Crippen molar-refractivity contribution in [3.8, 4) is 5.75 Å². The van der Waals surface area contributed by atoms with E-state index in [9.17, 15) is 14.4 Å². The molecule has 1 rings (SSSR count). The lowest BCUT2D eigenvalue weighted by Crippen LogP contribution is -2.45. The Balaban J connectivity index is 2.51. The number of hydrogen-bond acceptors (Lipinski definition) is 5. The van der Waals surface area contributed by atoms with Crippen molar-refractivity contribution >= 4 is 23.6 Å². The monoisotopic (exact) mass is 323 g/mol. The summed E-state index contributed by atoms with van der Waals surface area (Å²) in [5.74, 6) is -0.964. The van der Waals surface area contributed by atoms with E-state index in [0.29, 0.717) is 11.4 Å². The number of methoxy groups -OCH3 is 1. The van der Waals surface area contributed by atoms with Crippen molar-refractivity contribution < 1.29 is 24.2 Å². The minimum atomic E-state index is -1.03. The summed E-state index contributed by atoms with van der Waals surface area (Å²) in [5, 5.41) is 13.5. The lowest BCUT2D eigenvalue weighted by atomic mass is 10.3. The van der Waals surface area contributed by atoms with Crippen LogP contribution in [0.2, 0.25) is 0 Å². The molecular weight excluding hydrogens is 302 g/mol. The second kappa shape index (κ2) is 8.74. The van der Waals surface area contributed by atoms with Gasteiger partial charge in [0.05, 0.1) is 20.2 Å². The predicted molar refractivity (Wildman–Crippen MR) is 84.5 cm³/mol. The number of imide groups is 1. The van der Waals surface area contributed by atoms with E-state index < -0.39 is 17.9 Å². The van der Waals surface area contributed by atoms with Crippen LogP contribution >= 0.6 is 0 Å². The highest BCUT2D eigenvalue weighted by Crippen LogP contribution is 2.14. The average Bonchev–Trinajstić information content (AvgIpc) is 2.46. The van der Waals surface area contributed by atoms with E-state index in [4.69, 9.17) is 9.84 Å². The van der Waals surface area contributed by atoms with Gasteiger partial charge in [-0.25, -0.2) is 4.79 Å². The van der Waals surface area contributed by atoms with Gasteiger partial charge in [0, 0.05) is 11.7 Å². The Bertz CT molecular complexity index is 557. The Morgan fingerprint density at radius 2 is 1.78 bits per heavy atom. The van der Waals surface area contributed by atoms with Crippen LogP contribution in [-0.4, -0.2) is 54.2 Å². The molecule has 1 aromatic carbocycles. The van der Waals surface area contributed by atoms with Gasteiger partial charge >= 0.3 is 12.0 Å². The summed E-state index contributed by atoms with van der Waals surface area (Å²) in [7, 11) is 1.53. The van der Waals surface area contributed by atoms with Gasteiger partial charge in [-0.15, -0.1) is 0 Å². The van der Waals surface area contributed by atoms with Crippen LogP contribution in [0.15, 0.2) is 24.3 Å². The molecule has 0 saturated carbocycles. The quantitative estimate of drug-likeness (QED) is 0.694. The third-order valence-corrected chi connectivity index (χ3v) is 3.02. The zero-order valence-electron chi connectivity index (χ0n) is 13.3. The molecule has 126 valence electrons. The first-order valence-corrected chi connectivity index (χ1v) is 7.02. The minimum absolute atomic E-state index is 0.138. The van der Waals surface area contributed by atoms with E-state index in [1.165, 1.54) is 12.0 Å². The van der Waals surface area contributed by atoms with Gasteiger partial charge in [0.25, 0.3) is 0 Å². The molecule has 8 nitrogen and oxygen atoms in total. The molecule has 0 aliphatic carbocycles. The first kappa shape index (κ1) is 18.4. The van der Waals surface area contributed by atoms with Gasteiger partial charge in [0.2, 0.25) is 5.91 Å². The number of nitrogens with zero attached hydrogens (tertiary/aromatic N) is 1. The van der Waals surface area contributed by atoms with E-state index >= 15 is 0 Å². The van der Waals surface area contributed by atoms with Crippen LogP contribution in [0, 0.1) is 0 Å². The van der Waals surface area contributed by atoms with Crippen molar-refractivity contribution in [2.45, 2.75) is 19.9 Å². The van der Waals surface area contributed by atoms with Crippen molar-refractivity contribution in [2.75, 3.05) is 25.5 Å². The number of hydrogen-bond donors (Lipinski definition) is 3. The summed E-state index contributed by atoms with van der Waals surface area (Å²) in [6.45, 7) is 3.09. The summed E-state index contributed by atoms with van der Waals surface area (Å²) in [6, 6.07) is 5.79. The summed E-state index contributed by atoms with van der Waals surface area (Å²) < 4.78 is 5.00. The Morgan fingerprint density at radius 3 is 2.26 bits per heavy atom. The largest absolute Gasteiger partial charge is 0.497 e. The summed E-state index contributed by atoms with van der Waals surface area (Å²) >= 11 is 0. The number of amides is 3. The fraction of sp³-hybridized carbons (Fsp3) is 0.400. The van der Waals surface area contributed by atoms with Gasteiger partial charge < -0.3 is 15.2 Å². The van der Waals surface area contributed by atoms with Crippen LogP contribution in [-0.2, 0) is 9.59 Å². The Kier molecular flexibility index (Phi) is 7.01. The highest BCUT2D eigenvalue weighted by Gasteiger charge is 2.18. The maximum atomic E-state index is 11.8. The van der Waals surface area contributed by atoms with E-state index in [1.54, 1.807) is 38.1 Å². The van der Waals surface area contributed by atoms with Gasteiger partial charge in [0.15, 0.2) is 0 Å². The number of carboxylic acid groups (broad SMARTS) is 1. The Morgan fingerprint density at radius 1 is 1.17 bits per heavy atom. The SMILES string of the molecule is COc1ccc(NC(=O)NC(=O)CN(CC(=O)O)C(C)C)cc1. The van der Waals surface area contributed by atoms with Gasteiger partial charge in [-0.05, 0) is 38.1 Å².